The first-order chi connectivity index (χ1) is 10.5. The number of ether oxygens (including phenoxy) is 1. The number of rotatable bonds is 6. The van der Waals surface area contributed by atoms with Crippen molar-refractivity contribution in [2.75, 3.05) is 17.7 Å². The third kappa shape index (κ3) is 4.92. The van der Waals surface area contributed by atoms with Gasteiger partial charge < -0.3 is 14.6 Å². The molecule has 2 aromatic rings. The predicted molar refractivity (Wildman–Crippen MR) is 82.7 cm³/mol. The highest BCUT2D eigenvalue weighted by Gasteiger charge is 2.10. The summed E-state index contributed by atoms with van der Waals surface area (Å²) in [6.45, 7) is 3.66. The second kappa shape index (κ2) is 7.65. The topological polar surface area (TPSA) is 81.4 Å². The number of amides is 1. The van der Waals surface area contributed by atoms with Crippen LogP contribution >= 0.6 is 11.8 Å². The zero-order valence-corrected chi connectivity index (χ0v) is 13.1. The van der Waals surface area contributed by atoms with Gasteiger partial charge in [0.1, 0.15) is 6.26 Å². The minimum Gasteiger partial charge on any atom is -0.455 e. The van der Waals surface area contributed by atoms with Crippen molar-refractivity contribution < 1.29 is 18.8 Å². The van der Waals surface area contributed by atoms with Crippen molar-refractivity contribution in [2.24, 2.45) is 0 Å². The fourth-order valence-corrected chi connectivity index (χ4v) is 2.55. The van der Waals surface area contributed by atoms with Crippen LogP contribution < -0.4 is 5.32 Å². The number of hydrogen-bond acceptors (Lipinski definition) is 6. The maximum absolute atomic E-state index is 11.6. The van der Waals surface area contributed by atoms with E-state index in [1.54, 1.807) is 0 Å². The number of carbonyl (C=O) groups excluding carboxylic acids is 2. The number of thioether (sulfide) groups is 1. The van der Waals surface area contributed by atoms with E-state index in [4.69, 9.17) is 4.74 Å². The van der Waals surface area contributed by atoms with Crippen molar-refractivity contribution in [2.45, 2.75) is 18.7 Å². The summed E-state index contributed by atoms with van der Waals surface area (Å²) in [4.78, 5) is 24.2. The number of aromatic nitrogens is 1. The summed E-state index contributed by atoms with van der Waals surface area (Å²) in [6.07, 6.45) is 1.34. The zero-order chi connectivity index (χ0) is 15.9. The summed E-state index contributed by atoms with van der Waals surface area (Å²) in [5, 5.41) is 5.96. The number of esters is 1. The lowest BCUT2D eigenvalue weighted by Gasteiger charge is -2.07. The maximum atomic E-state index is 11.6. The Balaban J connectivity index is 1.72. The largest absolute Gasteiger partial charge is 0.455 e. The van der Waals surface area contributed by atoms with E-state index in [0.717, 1.165) is 10.5 Å². The molecule has 1 N–H and O–H groups in total. The second-order valence-electron chi connectivity index (χ2n) is 4.65. The molecule has 2 rings (SSSR count). The normalized spacial score (nSPS) is 10.3. The Morgan fingerprint density at radius 2 is 2.14 bits per heavy atom. The van der Waals surface area contributed by atoms with Crippen LogP contribution in [0.25, 0.3) is 0 Å². The first-order valence-electron chi connectivity index (χ1n) is 6.60. The second-order valence-corrected chi connectivity index (χ2v) is 5.67. The van der Waals surface area contributed by atoms with Crippen LogP contribution in [0.2, 0.25) is 0 Å². The number of benzene rings is 1. The molecule has 0 atom stereocenters. The molecule has 0 fully saturated rings. The monoisotopic (exact) mass is 320 g/mol. The molecule has 116 valence electrons. The summed E-state index contributed by atoms with van der Waals surface area (Å²) in [5.74, 6) is -0.467. The third-order valence-corrected chi connectivity index (χ3v) is 3.89. The van der Waals surface area contributed by atoms with Gasteiger partial charge in [0.2, 0.25) is 0 Å². The van der Waals surface area contributed by atoms with Crippen LogP contribution in [0.4, 0.5) is 5.82 Å². The van der Waals surface area contributed by atoms with Gasteiger partial charge >= 0.3 is 5.97 Å². The van der Waals surface area contributed by atoms with E-state index in [-0.39, 0.29) is 18.2 Å². The van der Waals surface area contributed by atoms with Crippen molar-refractivity contribution in [3.05, 3.63) is 41.7 Å². The van der Waals surface area contributed by atoms with Gasteiger partial charge in [0.15, 0.2) is 12.4 Å². The Morgan fingerprint density at radius 1 is 1.32 bits per heavy atom. The van der Waals surface area contributed by atoms with Crippen LogP contribution in [-0.2, 0) is 14.3 Å². The molecule has 0 aliphatic carbocycles. The van der Waals surface area contributed by atoms with Crippen LogP contribution in [-0.4, -0.2) is 29.4 Å². The van der Waals surface area contributed by atoms with Crippen LogP contribution in [0, 0.1) is 13.8 Å². The Hall–Kier alpha value is -2.28. The number of nitrogens with one attached hydrogen (secondary N) is 1. The highest BCUT2D eigenvalue weighted by atomic mass is 32.2. The Labute approximate surface area is 132 Å². The van der Waals surface area contributed by atoms with E-state index < -0.39 is 11.9 Å². The Kier molecular flexibility index (Phi) is 5.60. The molecule has 1 aromatic carbocycles. The molecule has 0 saturated carbocycles. The molecule has 0 unspecified atom stereocenters. The van der Waals surface area contributed by atoms with E-state index in [2.05, 4.69) is 21.1 Å². The fourth-order valence-electron chi connectivity index (χ4n) is 1.74. The molecule has 6 nitrogen and oxygen atoms in total. The number of aryl methyl sites for hydroxylation is 2. The molecule has 0 saturated heterocycles. The molecule has 22 heavy (non-hydrogen) atoms. The molecule has 0 spiro atoms. The quantitative estimate of drug-likeness (QED) is 0.651. The van der Waals surface area contributed by atoms with E-state index in [1.807, 2.05) is 26.0 Å². The lowest BCUT2D eigenvalue weighted by atomic mass is 10.2. The standard InChI is InChI=1S/C15H16N2O4S/c1-10-3-4-12(11(2)7-10)22-9-15(19)20-8-14(18)16-13-5-6-21-17-13/h3-7H,8-9H2,1-2H3,(H,16,17,18). The lowest BCUT2D eigenvalue weighted by molar-refractivity contribution is -0.144. The van der Waals surface area contributed by atoms with Gasteiger partial charge in [-0.05, 0) is 25.5 Å². The summed E-state index contributed by atoms with van der Waals surface area (Å²) < 4.78 is 9.48. The molecule has 0 aliphatic rings. The summed E-state index contributed by atoms with van der Waals surface area (Å²) >= 11 is 1.39. The molecular weight excluding hydrogens is 304 g/mol. The van der Waals surface area contributed by atoms with Crippen molar-refractivity contribution in [1.29, 1.82) is 0 Å². The molecule has 0 bridgehead atoms. The SMILES string of the molecule is Cc1ccc(SCC(=O)OCC(=O)Nc2ccon2)c(C)c1. The van der Waals surface area contributed by atoms with Gasteiger partial charge in [0.25, 0.3) is 5.91 Å². The molecule has 7 heteroatoms. The highest BCUT2D eigenvalue weighted by molar-refractivity contribution is 8.00. The first kappa shape index (κ1) is 16.1. The van der Waals surface area contributed by atoms with Crippen molar-refractivity contribution in [3.8, 4) is 0 Å². The van der Waals surface area contributed by atoms with Crippen LogP contribution in [0.5, 0.6) is 0 Å². The van der Waals surface area contributed by atoms with Crippen LogP contribution in [0.3, 0.4) is 0 Å². The average molecular weight is 320 g/mol. The van der Waals surface area contributed by atoms with Gasteiger partial charge in [0, 0.05) is 11.0 Å². The lowest BCUT2D eigenvalue weighted by Crippen LogP contribution is -2.21. The summed E-state index contributed by atoms with van der Waals surface area (Å²) in [6, 6.07) is 7.51. The molecule has 0 aliphatic heterocycles. The van der Waals surface area contributed by atoms with E-state index in [0.29, 0.717) is 0 Å². The highest BCUT2D eigenvalue weighted by Crippen LogP contribution is 2.23. The average Bonchev–Trinajstić information content (AvgIpc) is 2.97. The smallest absolute Gasteiger partial charge is 0.316 e. The van der Waals surface area contributed by atoms with Crippen LogP contribution in [0.1, 0.15) is 11.1 Å². The number of nitrogens with zero attached hydrogens (tertiary/aromatic N) is 1. The van der Waals surface area contributed by atoms with Gasteiger partial charge in [-0.3, -0.25) is 9.59 Å². The first-order valence-corrected chi connectivity index (χ1v) is 7.59. The summed E-state index contributed by atoms with van der Waals surface area (Å²) in [5.41, 5.74) is 2.29. The fraction of sp³-hybridized carbons (Fsp3) is 0.267. The van der Waals surface area contributed by atoms with Crippen molar-refractivity contribution in [1.82, 2.24) is 5.16 Å². The zero-order valence-electron chi connectivity index (χ0n) is 12.3. The number of hydrogen-bond donors (Lipinski definition) is 1. The van der Waals surface area contributed by atoms with Crippen LogP contribution in [0.15, 0.2) is 39.9 Å². The third-order valence-electron chi connectivity index (χ3n) is 2.75. The molecule has 1 aromatic heterocycles. The van der Waals surface area contributed by atoms with Gasteiger partial charge in [-0.2, -0.15) is 0 Å². The Bertz CT molecular complexity index is 656. The van der Waals surface area contributed by atoms with Gasteiger partial charge in [-0.25, -0.2) is 0 Å². The minimum atomic E-state index is -0.459. The number of carbonyl (C=O) groups is 2. The van der Waals surface area contributed by atoms with E-state index in [1.165, 1.54) is 29.7 Å². The molecule has 0 radical (unpaired) electrons. The molecule has 1 amide bonds. The van der Waals surface area contributed by atoms with Crippen molar-refractivity contribution >= 4 is 29.5 Å². The van der Waals surface area contributed by atoms with Gasteiger partial charge in [-0.15, -0.1) is 11.8 Å². The maximum Gasteiger partial charge on any atom is 0.316 e. The Morgan fingerprint density at radius 3 is 2.82 bits per heavy atom. The predicted octanol–water partition coefficient (Wildman–Crippen LogP) is 2.57. The van der Waals surface area contributed by atoms with Crippen molar-refractivity contribution in [3.63, 3.8) is 0 Å². The van der Waals surface area contributed by atoms with E-state index >= 15 is 0 Å². The number of anilines is 1. The molecule has 1 heterocycles. The molecular formula is C15H16N2O4S. The minimum absolute atomic E-state index is 0.154. The van der Waals surface area contributed by atoms with E-state index in [9.17, 15) is 9.59 Å². The van der Waals surface area contributed by atoms with Gasteiger partial charge in [-0.1, -0.05) is 22.9 Å². The van der Waals surface area contributed by atoms with Gasteiger partial charge in [0.05, 0.1) is 5.75 Å². The summed E-state index contributed by atoms with van der Waals surface area (Å²) in [7, 11) is 0.